The topological polar surface area (TPSA) is 85.9 Å². The second kappa shape index (κ2) is 8.75. The van der Waals surface area contributed by atoms with Gasteiger partial charge in [0.2, 0.25) is 0 Å². The molecular weight excluding hydrogens is 418 g/mol. The molecule has 172 valence electrons. The van der Waals surface area contributed by atoms with Crippen LogP contribution in [0.15, 0.2) is 48.0 Å². The molecule has 4 rings (SSSR count). The van der Waals surface area contributed by atoms with Gasteiger partial charge in [-0.15, -0.1) is 0 Å². The number of ether oxygens (including phenoxy) is 1. The Hall–Kier alpha value is -3.58. The Morgan fingerprint density at radius 1 is 1.15 bits per heavy atom. The van der Waals surface area contributed by atoms with Crippen molar-refractivity contribution in [3.8, 4) is 5.75 Å². The monoisotopic (exact) mass is 447 g/mol. The molecule has 7 nitrogen and oxygen atoms in total. The Labute approximate surface area is 193 Å². The van der Waals surface area contributed by atoms with Crippen LogP contribution in [0.25, 0.3) is 16.7 Å². The van der Waals surface area contributed by atoms with E-state index in [2.05, 4.69) is 4.98 Å². The molecule has 1 atom stereocenters. The van der Waals surface area contributed by atoms with Crippen molar-refractivity contribution in [1.82, 2.24) is 14.8 Å². The molecule has 0 aliphatic carbocycles. The van der Waals surface area contributed by atoms with E-state index in [1.54, 1.807) is 30.2 Å². The molecule has 33 heavy (non-hydrogen) atoms. The summed E-state index contributed by atoms with van der Waals surface area (Å²) in [5, 5.41) is 12.3. The van der Waals surface area contributed by atoms with E-state index in [9.17, 15) is 14.7 Å². The summed E-state index contributed by atoms with van der Waals surface area (Å²) < 4.78 is 5.32. The molecule has 1 amide bonds. The highest BCUT2D eigenvalue weighted by Crippen LogP contribution is 2.43. The minimum atomic E-state index is -0.691. The van der Waals surface area contributed by atoms with Gasteiger partial charge in [0, 0.05) is 40.8 Å². The van der Waals surface area contributed by atoms with E-state index in [4.69, 9.17) is 4.74 Å². The minimum absolute atomic E-state index is 0.108. The summed E-state index contributed by atoms with van der Waals surface area (Å²) in [4.78, 5) is 33.3. The van der Waals surface area contributed by atoms with E-state index in [0.717, 1.165) is 27.7 Å². The van der Waals surface area contributed by atoms with Crippen LogP contribution in [-0.4, -0.2) is 65.9 Å². The summed E-state index contributed by atoms with van der Waals surface area (Å²) in [6.45, 7) is 4.75. The molecule has 1 unspecified atom stereocenters. The van der Waals surface area contributed by atoms with Crippen LogP contribution in [-0.2, 0) is 9.59 Å². The Balaban J connectivity index is 1.94. The molecular formula is C26H29N3O4. The number of rotatable bonds is 6. The zero-order valence-electron chi connectivity index (χ0n) is 19.6. The third kappa shape index (κ3) is 3.89. The first-order chi connectivity index (χ1) is 15.7. The number of carbonyl (C=O) groups excluding carboxylic acids is 2. The van der Waals surface area contributed by atoms with Crippen LogP contribution >= 0.6 is 0 Å². The van der Waals surface area contributed by atoms with Gasteiger partial charge in [-0.2, -0.15) is 0 Å². The van der Waals surface area contributed by atoms with Gasteiger partial charge in [0.25, 0.3) is 11.7 Å². The fourth-order valence-corrected chi connectivity index (χ4v) is 4.55. The quantitative estimate of drug-likeness (QED) is 0.341. The van der Waals surface area contributed by atoms with Crippen molar-refractivity contribution in [2.75, 3.05) is 34.3 Å². The Bertz CT molecular complexity index is 1270. The molecule has 0 spiro atoms. The standard InChI is InChI=1S/C26H29N3O4/c1-15-14-17(10-11-20(15)33-5)24(30)22-23(29(13-12-28(3)4)26(32)25(22)31)21-16(2)27-19-9-7-6-8-18(19)21/h6-11,14,23,27,30H,12-13H2,1-5H3/b24-22+. The van der Waals surface area contributed by atoms with Gasteiger partial charge >= 0.3 is 0 Å². The first-order valence-corrected chi connectivity index (χ1v) is 10.9. The van der Waals surface area contributed by atoms with Gasteiger partial charge in [0.05, 0.1) is 18.7 Å². The number of hydrogen-bond donors (Lipinski definition) is 2. The van der Waals surface area contributed by atoms with Gasteiger partial charge < -0.3 is 24.6 Å². The van der Waals surface area contributed by atoms with Crippen LogP contribution in [0.2, 0.25) is 0 Å². The Kier molecular flexibility index (Phi) is 5.99. The lowest BCUT2D eigenvalue weighted by atomic mass is 9.93. The number of nitrogens with zero attached hydrogens (tertiary/aromatic N) is 2. The second-order valence-electron chi connectivity index (χ2n) is 8.69. The van der Waals surface area contributed by atoms with Crippen LogP contribution in [0, 0.1) is 13.8 Å². The van der Waals surface area contributed by atoms with E-state index in [1.165, 1.54) is 0 Å². The van der Waals surface area contributed by atoms with Crippen LogP contribution in [0.1, 0.15) is 28.4 Å². The predicted molar refractivity (Wildman–Crippen MR) is 128 cm³/mol. The molecule has 2 aromatic carbocycles. The van der Waals surface area contributed by atoms with Gasteiger partial charge in [0.1, 0.15) is 11.5 Å². The molecule has 1 aliphatic rings. The number of H-pyrrole nitrogens is 1. The van der Waals surface area contributed by atoms with Crippen LogP contribution in [0.3, 0.4) is 0 Å². The number of likely N-dealkylation sites (tertiary alicyclic amines) is 1. The molecule has 2 N–H and O–H groups in total. The number of amides is 1. The Morgan fingerprint density at radius 3 is 2.55 bits per heavy atom. The number of aryl methyl sites for hydroxylation is 2. The minimum Gasteiger partial charge on any atom is -0.507 e. The molecule has 1 fully saturated rings. The number of aliphatic hydroxyl groups is 1. The summed E-state index contributed by atoms with van der Waals surface area (Å²) in [6, 6.07) is 12.3. The number of ketones is 1. The zero-order chi connectivity index (χ0) is 23.9. The molecule has 7 heteroatoms. The van der Waals surface area contributed by atoms with Crippen molar-refractivity contribution >= 4 is 28.4 Å². The highest BCUT2D eigenvalue weighted by atomic mass is 16.5. The fourth-order valence-electron chi connectivity index (χ4n) is 4.55. The lowest BCUT2D eigenvalue weighted by Crippen LogP contribution is -2.35. The number of aromatic amines is 1. The number of Topliss-reactive ketones (excluding diaryl/α,β-unsaturated/α-hetero) is 1. The summed E-state index contributed by atoms with van der Waals surface area (Å²) in [6.07, 6.45) is 0. The number of aromatic nitrogens is 1. The normalized spacial score (nSPS) is 18.0. The maximum Gasteiger partial charge on any atom is 0.295 e. The third-order valence-electron chi connectivity index (χ3n) is 6.21. The largest absolute Gasteiger partial charge is 0.507 e. The molecule has 0 radical (unpaired) electrons. The van der Waals surface area contributed by atoms with Crippen molar-refractivity contribution in [2.45, 2.75) is 19.9 Å². The maximum absolute atomic E-state index is 13.3. The van der Waals surface area contributed by atoms with E-state index in [1.807, 2.05) is 57.1 Å². The van der Waals surface area contributed by atoms with Crippen LogP contribution in [0.5, 0.6) is 5.75 Å². The van der Waals surface area contributed by atoms with E-state index < -0.39 is 17.7 Å². The molecule has 0 saturated carbocycles. The number of benzene rings is 2. The molecule has 1 aliphatic heterocycles. The lowest BCUT2D eigenvalue weighted by molar-refractivity contribution is -0.140. The molecule has 1 saturated heterocycles. The number of likely N-dealkylation sites (N-methyl/N-ethyl adjacent to an activating group) is 1. The van der Waals surface area contributed by atoms with Crippen molar-refractivity contribution < 1.29 is 19.4 Å². The van der Waals surface area contributed by atoms with E-state index in [0.29, 0.717) is 24.4 Å². The summed E-state index contributed by atoms with van der Waals surface area (Å²) in [7, 11) is 5.42. The predicted octanol–water partition coefficient (Wildman–Crippen LogP) is 3.78. The van der Waals surface area contributed by atoms with Crippen molar-refractivity contribution in [2.24, 2.45) is 0 Å². The molecule has 1 aromatic heterocycles. The lowest BCUT2D eigenvalue weighted by Gasteiger charge is -2.27. The Morgan fingerprint density at radius 2 is 1.88 bits per heavy atom. The van der Waals surface area contributed by atoms with E-state index in [-0.39, 0.29) is 11.3 Å². The smallest absolute Gasteiger partial charge is 0.295 e. The fraction of sp³-hybridized carbons (Fsp3) is 0.308. The van der Waals surface area contributed by atoms with E-state index >= 15 is 0 Å². The number of fused-ring (bicyclic) bond motifs is 1. The average Bonchev–Trinajstić information content (AvgIpc) is 3.24. The summed E-state index contributed by atoms with van der Waals surface area (Å²) in [5.41, 5.74) is 4.01. The van der Waals surface area contributed by atoms with Gasteiger partial charge in [-0.1, -0.05) is 18.2 Å². The SMILES string of the molecule is COc1ccc(/C(O)=C2\C(=O)C(=O)N(CCN(C)C)C2c2c(C)[nH]c3ccccc23)cc1C. The molecule has 0 bridgehead atoms. The van der Waals surface area contributed by atoms with Crippen molar-refractivity contribution in [3.63, 3.8) is 0 Å². The number of methoxy groups -OCH3 is 1. The molecule has 2 heterocycles. The highest BCUT2D eigenvalue weighted by Gasteiger charge is 2.47. The number of para-hydroxylation sites is 1. The van der Waals surface area contributed by atoms with Gasteiger partial charge in [-0.25, -0.2) is 0 Å². The van der Waals surface area contributed by atoms with Crippen molar-refractivity contribution in [3.05, 3.63) is 70.4 Å². The number of aliphatic hydroxyl groups excluding tert-OH is 1. The number of carbonyl (C=O) groups is 2. The first-order valence-electron chi connectivity index (χ1n) is 10.9. The second-order valence-corrected chi connectivity index (χ2v) is 8.69. The molecule has 3 aromatic rings. The summed E-state index contributed by atoms with van der Waals surface area (Å²) in [5.74, 6) is -0.768. The van der Waals surface area contributed by atoms with Crippen molar-refractivity contribution in [1.29, 1.82) is 0 Å². The van der Waals surface area contributed by atoms with Gasteiger partial charge in [-0.3, -0.25) is 9.59 Å². The zero-order valence-corrected chi connectivity index (χ0v) is 19.6. The maximum atomic E-state index is 13.3. The average molecular weight is 448 g/mol. The number of nitrogens with one attached hydrogen (secondary N) is 1. The van der Waals surface area contributed by atoms with Crippen LogP contribution < -0.4 is 4.74 Å². The first kappa shape index (κ1) is 22.6. The third-order valence-corrected chi connectivity index (χ3v) is 6.21. The van der Waals surface area contributed by atoms with Gasteiger partial charge in [-0.05, 0) is 57.8 Å². The van der Waals surface area contributed by atoms with Crippen LogP contribution in [0.4, 0.5) is 0 Å². The number of hydrogen-bond acceptors (Lipinski definition) is 5. The van der Waals surface area contributed by atoms with Gasteiger partial charge in [0.15, 0.2) is 0 Å². The highest BCUT2D eigenvalue weighted by molar-refractivity contribution is 6.46. The summed E-state index contributed by atoms with van der Waals surface area (Å²) >= 11 is 0.